The smallest absolute Gasteiger partial charge is 0.324 e. The molecule has 1 aromatic carbocycles. The maximum atomic E-state index is 12.8. The Morgan fingerprint density at radius 2 is 1.90 bits per heavy atom. The van der Waals surface area contributed by atoms with E-state index in [-0.39, 0.29) is 17.9 Å². The molecule has 1 saturated heterocycles. The van der Waals surface area contributed by atoms with Gasteiger partial charge in [0, 0.05) is 41.3 Å². The summed E-state index contributed by atoms with van der Waals surface area (Å²) in [6.45, 7) is 3.63. The summed E-state index contributed by atoms with van der Waals surface area (Å²) in [5.74, 6) is -1.19. The Labute approximate surface area is 179 Å². The number of rotatable bonds is 10. The second-order valence-electron chi connectivity index (χ2n) is 6.80. The van der Waals surface area contributed by atoms with Crippen LogP contribution in [0.25, 0.3) is 0 Å². The molecule has 0 spiro atoms. The van der Waals surface area contributed by atoms with E-state index in [2.05, 4.69) is 9.30 Å². The van der Waals surface area contributed by atoms with Crippen LogP contribution in [0.1, 0.15) is 33.1 Å². The number of hydrogen-bond acceptors (Lipinski definition) is 10. The van der Waals surface area contributed by atoms with Crippen LogP contribution in [0.15, 0.2) is 39.8 Å². The molecule has 0 amide bonds. The molecular weight excluding hydrogens is 434 g/mol. The second-order valence-corrected chi connectivity index (χ2v) is 9.72. The predicted molar refractivity (Wildman–Crippen MR) is 110 cm³/mol. The summed E-state index contributed by atoms with van der Waals surface area (Å²) in [5.41, 5.74) is 0. The van der Waals surface area contributed by atoms with Crippen molar-refractivity contribution in [2.24, 2.45) is 4.58 Å². The van der Waals surface area contributed by atoms with Crippen LogP contribution < -0.4 is 4.72 Å². The summed E-state index contributed by atoms with van der Waals surface area (Å²) in [7, 11) is -3.99. The number of sulfonamides is 1. The Balaban J connectivity index is 2.22. The number of piperidine rings is 1. The van der Waals surface area contributed by atoms with Crippen molar-refractivity contribution in [3.05, 3.63) is 35.2 Å². The SMILES string of the molecule is CCOC(=O)C(CC1(SN=O)CCN(OC(C)=O)CC1)NS(=O)(=O)c1ccccc1. The number of hydroxylamine groups is 2. The third kappa shape index (κ3) is 6.76. The van der Waals surface area contributed by atoms with Crippen LogP contribution in [-0.2, 0) is 29.2 Å². The summed E-state index contributed by atoms with van der Waals surface area (Å²) in [6.07, 6.45) is 0.724. The number of esters is 1. The number of ether oxygens (including phenoxy) is 1. The molecule has 1 atom stereocenters. The second kappa shape index (κ2) is 10.8. The van der Waals surface area contributed by atoms with Crippen molar-refractivity contribution < 1.29 is 27.6 Å². The monoisotopic (exact) mass is 459 g/mol. The van der Waals surface area contributed by atoms with Gasteiger partial charge in [-0.1, -0.05) is 18.2 Å². The molecule has 1 N–H and O–H groups in total. The maximum Gasteiger partial charge on any atom is 0.324 e. The van der Waals surface area contributed by atoms with Gasteiger partial charge in [-0.2, -0.15) is 4.72 Å². The van der Waals surface area contributed by atoms with Crippen molar-refractivity contribution in [1.82, 2.24) is 9.79 Å². The van der Waals surface area contributed by atoms with Gasteiger partial charge in [0.05, 0.1) is 11.5 Å². The minimum Gasteiger partial charge on any atom is -0.465 e. The zero-order chi connectivity index (χ0) is 22.2. The molecule has 1 aliphatic heterocycles. The lowest BCUT2D eigenvalue weighted by Crippen LogP contribution is -2.50. The number of hydrogen-bond donors (Lipinski definition) is 1. The molecule has 2 rings (SSSR count). The average Bonchev–Trinajstić information content (AvgIpc) is 2.70. The van der Waals surface area contributed by atoms with Crippen LogP contribution in [0.4, 0.5) is 0 Å². The molecule has 0 radical (unpaired) electrons. The molecule has 1 aromatic rings. The highest BCUT2D eigenvalue weighted by Crippen LogP contribution is 2.41. The van der Waals surface area contributed by atoms with E-state index in [9.17, 15) is 22.9 Å². The zero-order valence-corrected chi connectivity index (χ0v) is 18.4. The summed E-state index contributed by atoms with van der Waals surface area (Å²) < 4.78 is 35.1. The quantitative estimate of drug-likeness (QED) is 0.317. The largest absolute Gasteiger partial charge is 0.465 e. The summed E-state index contributed by atoms with van der Waals surface area (Å²) >= 11 is 0.766. The van der Waals surface area contributed by atoms with Crippen molar-refractivity contribution in [3.63, 3.8) is 0 Å². The highest BCUT2D eigenvalue weighted by molar-refractivity contribution is 7.99. The molecule has 1 fully saturated rings. The van der Waals surface area contributed by atoms with E-state index >= 15 is 0 Å². The number of carbonyl (C=O) groups excluding carboxylic acids is 2. The maximum absolute atomic E-state index is 12.8. The van der Waals surface area contributed by atoms with E-state index in [0.29, 0.717) is 25.9 Å². The van der Waals surface area contributed by atoms with Gasteiger partial charge in [-0.25, -0.2) is 8.42 Å². The number of nitrogens with zero attached hydrogens (tertiary/aromatic N) is 2. The Hall–Kier alpha value is -2.02. The normalized spacial score (nSPS) is 17.7. The van der Waals surface area contributed by atoms with Gasteiger partial charge in [0.2, 0.25) is 10.0 Å². The molecule has 1 aliphatic rings. The number of nitrogens with one attached hydrogen (secondary N) is 1. The fraction of sp³-hybridized carbons (Fsp3) is 0.556. The highest BCUT2D eigenvalue weighted by atomic mass is 32.2. The van der Waals surface area contributed by atoms with Crippen LogP contribution in [0.2, 0.25) is 0 Å². The summed E-state index contributed by atoms with van der Waals surface area (Å²) in [6, 6.07) is 6.46. The minimum absolute atomic E-state index is 0.00220. The molecule has 0 aliphatic carbocycles. The fourth-order valence-corrected chi connectivity index (χ4v) is 5.19. The zero-order valence-electron chi connectivity index (χ0n) is 16.8. The molecule has 0 bridgehead atoms. The van der Waals surface area contributed by atoms with Gasteiger partial charge in [-0.3, -0.25) is 9.59 Å². The standard InChI is InChI=1S/C18H25N3O7S2/c1-3-27-17(23)16(19-30(25,26)15-7-5-4-6-8-15)13-18(29-20-24)9-11-21(12-10-18)28-14(2)22/h4-8,16,19H,3,9-13H2,1-2H3. The lowest BCUT2D eigenvalue weighted by Gasteiger charge is -2.39. The van der Waals surface area contributed by atoms with Crippen LogP contribution >= 0.6 is 11.9 Å². The number of nitroso groups, excluding NO2 is 1. The molecule has 166 valence electrons. The van der Waals surface area contributed by atoms with E-state index < -0.39 is 32.8 Å². The predicted octanol–water partition coefficient (Wildman–Crippen LogP) is 2.01. The van der Waals surface area contributed by atoms with Gasteiger partial charge >= 0.3 is 11.9 Å². The van der Waals surface area contributed by atoms with Crippen LogP contribution in [-0.4, -0.2) is 55.9 Å². The fourth-order valence-electron chi connectivity index (χ4n) is 3.22. The minimum atomic E-state index is -3.99. The first kappa shape index (κ1) is 24.3. The molecule has 0 saturated carbocycles. The van der Waals surface area contributed by atoms with Gasteiger partial charge in [0.1, 0.15) is 6.04 Å². The van der Waals surface area contributed by atoms with Gasteiger partial charge in [-0.15, -0.1) is 9.97 Å². The van der Waals surface area contributed by atoms with E-state index in [1.807, 2.05) is 0 Å². The first-order valence-electron chi connectivity index (χ1n) is 9.40. The topological polar surface area (TPSA) is 131 Å². The Bertz CT molecular complexity index is 841. The van der Waals surface area contributed by atoms with Crippen molar-refractivity contribution >= 4 is 33.9 Å². The van der Waals surface area contributed by atoms with Crippen molar-refractivity contribution in [2.75, 3.05) is 19.7 Å². The molecule has 30 heavy (non-hydrogen) atoms. The lowest BCUT2D eigenvalue weighted by atomic mass is 9.90. The Morgan fingerprint density at radius 3 is 2.43 bits per heavy atom. The first-order chi connectivity index (χ1) is 14.2. The molecule has 0 aromatic heterocycles. The van der Waals surface area contributed by atoms with Gasteiger partial charge in [0.15, 0.2) is 0 Å². The first-order valence-corrected chi connectivity index (χ1v) is 11.7. The Kier molecular flexibility index (Phi) is 8.77. The van der Waals surface area contributed by atoms with Crippen LogP contribution in [0.3, 0.4) is 0 Å². The number of benzene rings is 1. The van der Waals surface area contributed by atoms with Crippen molar-refractivity contribution in [2.45, 2.75) is 48.8 Å². The van der Waals surface area contributed by atoms with Gasteiger partial charge in [-0.05, 0) is 38.3 Å². The average molecular weight is 460 g/mol. The van der Waals surface area contributed by atoms with Crippen LogP contribution in [0.5, 0.6) is 0 Å². The summed E-state index contributed by atoms with van der Waals surface area (Å²) in [5, 5.41) is 1.47. The third-order valence-electron chi connectivity index (χ3n) is 4.62. The van der Waals surface area contributed by atoms with Crippen molar-refractivity contribution in [3.8, 4) is 0 Å². The van der Waals surface area contributed by atoms with Gasteiger partial charge in [0.25, 0.3) is 0 Å². The van der Waals surface area contributed by atoms with Gasteiger partial charge < -0.3 is 9.57 Å². The van der Waals surface area contributed by atoms with E-state index in [0.717, 1.165) is 11.9 Å². The summed E-state index contributed by atoms with van der Waals surface area (Å²) in [4.78, 5) is 39.8. The van der Waals surface area contributed by atoms with E-state index in [4.69, 9.17) is 9.57 Å². The Morgan fingerprint density at radius 1 is 1.27 bits per heavy atom. The molecule has 1 unspecified atom stereocenters. The molecule has 12 heteroatoms. The van der Waals surface area contributed by atoms with E-state index in [1.54, 1.807) is 25.1 Å². The van der Waals surface area contributed by atoms with Crippen molar-refractivity contribution in [1.29, 1.82) is 0 Å². The lowest BCUT2D eigenvalue weighted by molar-refractivity contribution is -0.193. The molecular formula is C18H25N3O7S2. The molecule has 1 heterocycles. The third-order valence-corrected chi connectivity index (χ3v) is 7.14. The number of carbonyl (C=O) groups is 2. The molecule has 10 nitrogen and oxygen atoms in total. The van der Waals surface area contributed by atoms with Crippen LogP contribution in [0, 0.1) is 4.91 Å². The van der Waals surface area contributed by atoms with E-state index in [1.165, 1.54) is 24.1 Å². The highest BCUT2D eigenvalue weighted by Gasteiger charge is 2.42.